The lowest BCUT2D eigenvalue weighted by atomic mass is 9.93. The van der Waals surface area contributed by atoms with E-state index in [1.54, 1.807) is 7.11 Å². The Morgan fingerprint density at radius 2 is 1.83 bits per heavy atom. The Morgan fingerprint density at radius 3 is 2.17 bits per heavy atom. The molecule has 0 aromatic carbocycles. The molecule has 0 aliphatic heterocycles. The summed E-state index contributed by atoms with van der Waals surface area (Å²) in [6.45, 7) is 16.3. The molecule has 0 saturated heterocycles. The molecule has 134 valence electrons. The normalized spacial score (nSPS) is 16.1. The van der Waals surface area contributed by atoms with Gasteiger partial charge in [0.25, 0.3) is 0 Å². The number of unbranched alkanes of at least 4 members (excludes halogenated alkanes) is 1. The summed E-state index contributed by atoms with van der Waals surface area (Å²) in [6, 6.07) is 0. The van der Waals surface area contributed by atoms with E-state index in [4.69, 9.17) is 9.47 Å². The van der Waals surface area contributed by atoms with Crippen molar-refractivity contribution in [2.24, 2.45) is 0 Å². The molecule has 0 radical (unpaired) electrons. The minimum absolute atomic E-state index is 0.0816. The van der Waals surface area contributed by atoms with Gasteiger partial charge in [0.1, 0.15) is 5.76 Å². The fraction of sp³-hybridized carbons (Fsp3) is 0.700. The molecule has 1 aliphatic rings. The number of hydrogen-bond donors (Lipinski definition) is 1. The van der Waals surface area contributed by atoms with E-state index in [2.05, 4.69) is 44.4 Å². The van der Waals surface area contributed by atoms with Gasteiger partial charge in [-0.1, -0.05) is 38.2 Å². The lowest BCUT2D eigenvalue weighted by Crippen LogP contribution is -2.42. The average molecular weight is 341 g/mol. The van der Waals surface area contributed by atoms with Crippen LogP contribution in [0.4, 0.5) is 0 Å². The lowest BCUT2D eigenvalue weighted by molar-refractivity contribution is -0.00128. The van der Waals surface area contributed by atoms with Gasteiger partial charge in [-0.3, -0.25) is 0 Å². The molecule has 1 aliphatic carbocycles. The molecule has 0 atom stereocenters. The summed E-state index contributed by atoms with van der Waals surface area (Å²) in [7, 11) is 1.71. The van der Waals surface area contributed by atoms with Crippen LogP contribution in [0.2, 0.25) is 0 Å². The third kappa shape index (κ3) is 9.93. The summed E-state index contributed by atoms with van der Waals surface area (Å²) < 4.78 is 10.7. The van der Waals surface area contributed by atoms with Crippen LogP contribution in [0, 0.1) is 0 Å². The molecule has 0 heterocycles. The van der Waals surface area contributed by atoms with Crippen LogP contribution in [0.25, 0.3) is 0 Å². The number of hydrogen-bond acceptors (Lipinski definition) is 3. The molecular formula is C20H36O2S. The number of thiol groups is 1. The summed E-state index contributed by atoms with van der Waals surface area (Å²) in [4.78, 5) is 0. The fourth-order valence-electron chi connectivity index (χ4n) is 1.30. The molecule has 0 bridgehead atoms. The number of methoxy groups -OCH3 is 1. The van der Waals surface area contributed by atoms with Gasteiger partial charge >= 0.3 is 0 Å². The zero-order valence-corrected chi connectivity index (χ0v) is 17.0. The van der Waals surface area contributed by atoms with Crippen molar-refractivity contribution in [3.63, 3.8) is 0 Å². The first-order chi connectivity index (χ1) is 10.5. The summed E-state index contributed by atoms with van der Waals surface area (Å²) in [5, 5.41) is 0. The summed E-state index contributed by atoms with van der Waals surface area (Å²) >= 11 is 4.39. The van der Waals surface area contributed by atoms with Crippen LogP contribution in [-0.4, -0.2) is 23.6 Å². The maximum Gasteiger partial charge on any atom is 0.115 e. The molecule has 0 spiro atoms. The van der Waals surface area contributed by atoms with Crippen molar-refractivity contribution in [1.29, 1.82) is 0 Å². The van der Waals surface area contributed by atoms with E-state index in [1.807, 2.05) is 34.6 Å². The van der Waals surface area contributed by atoms with Crippen molar-refractivity contribution in [3.8, 4) is 0 Å². The van der Waals surface area contributed by atoms with E-state index in [0.29, 0.717) is 6.10 Å². The van der Waals surface area contributed by atoms with Gasteiger partial charge < -0.3 is 9.47 Å². The monoisotopic (exact) mass is 340 g/mol. The highest BCUT2D eigenvalue weighted by Crippen LogP contribution is 2.30. The summed E-state index contributed by atoms with van der Waals surface area (Å²) in [6.07, 6.45) is 11.5. The van der Waals surface area contributed by atoms with Gasteiger partial charge in [-0.2, -0.15) is 12.6 Å². The molecule has 23 heavy (non-hydrogen) atoms. The molecule has 1 saturated carbocycles. The molecule has 2 nitrogen and oxygen atoms in total. The maximum atomic E-state index is 5.58. The first-order valence-corrected chi connectivity index (χ1v) is 8.96. The maximum absolute atomic E-state index is 5.58. The Labute approximate surface area is 149 Å². The lowest BCUT2D eigenvalue weighted by Gasteiger charge is -2.36. The standard InChI is InChI=1S/C13H20O.C7H16OS/c1-4-5-6-7-8-11(2)12(3)14-13-9-10-13;1-6(2,8-5)7(3,4)9/h6-8,13H,3-5,9-10H2,1-2H3;9H,1-5H3/b7-6-,11-8-;. The van der Waals surface area contributed by atoms with Crippen LogP contribution in [0.1, 0.15) is 67.2 Å². The molecule has 0 N–H and O–H groups in total. The van der Waals surface area contributed by atoms with E-state index in [0.717, 1.165) is 17.8 Å². The van der Waals surface area contributed by atoms with Gasteiger partial charge in [0.15, 0.2) is 0 Å². The topological polar surface area (TPSA) is 18.5 Å². The largest absolute Gasteiger partial charge is 0.491 e. The fourth-order valence-corrected chi connectivity index (χ4v) is 1.39. The zero-order valence-electron chi connectivity index (χ0n) is 16.1. The van der Waals surface area contributed by atoms with E-state index >= 15 is 0 Å². The van der Waals surface area contributed by atoms with Crippen LogP contribution in [-0.2, 0) is 9.47 Å². The Kier molecular flexibility index (Phi) is 9.95. The Balaban J connectivity index is 0.000000468. The van der Waals surface area contributed by atoms with Gasteiger partial charge in [0.05, 0.1) is 11.7 Å². The second-order valence-electron chi connectivity index (χ2n) is 7.08. The minimum Gasteiger partial charge on any atom is -0.491 e. The van der Waals surface area contributed by atoms with E-state index in [-0.39, 0.29) is 10.3 Å². The van der Waals surface area contributed by atoms with Crippen molar-refractivity contribution < 1.29 is 9.47 Å². The third-order valence-electron chi connectivity index (χ3n) is 4.19. The van der Waals surface area contributed by atoms with E-state index in [1.165, 1.54) is 19.3 Å². The van der Waals surface area contributed by atoms with E-state index in [9.17, 15) is 0 Å². The number of rotatable bonds is 8. The summed E-state index contributed by atoms with van der Waals surface area (Å²) in [5.41, 5.74) is 0.972. The first-order valence-electron chi connectivity index (χ1n) is 8.52. The van der Waals surface area contributed by atoms with Gasteiger partial charge in [0.2, 0.25) is 0 Å². The van der Waals surface area contributed by atoms with Crippen molar-refractivity contribution >= 4 is 12.6 Å². The Hall–Kier alpha value is -0.670. The van der Waals surface area contributed by atoms with Gasteiger partial charge in [-0.05, 0) is 59.5 Å². The number of ether oxygens (including phenoxy) is 2. The minimum atomic E-state index is -0.157. The molecule has 0 unspecified atom stereocenters. The molecule has 1 rings (SSSR count). The average Bonchev–Trinajstić information content (AvgIpc) is 3.26. The summed E-state index contributed by atoms with van der Waals surface area (Å²) in [5.74, 6) is 0.827. The van der Waals surface area contributed by atoms with Crippen molar-refractivity contribution in [1.82, 2.24) is 0 Å². The SMILES string of the molecule is C=C(OC1CC1)/C(C)=C\C=C/CCC.COC(C)(C)C(C)(C)S. The second-order valence-corrected chi connectivity index (χ2v) is 8.20. The molecular weight excluding hydrogens is 304 g/mol. The third-order valence-corrected chi connectivity index (χ3v) is 4.73. The highest BCUT2D eigenvalue weighted by atomic mass is 32.1. The molecule has 3 heteroatoms. The Bertz CT molecular complexity index is 410. The highest BCUT2D eigenvalue weighted by Gasteiger charge is 2.33. The number of allylic oxidation sites excluding steroid dienone is 4. The van der Waals surface area contributed by atoms with Crippen LogP contribution in [0.5, 0.6) is 0 Å². The molecule has 1 fully saturated rings. The van der Waals surface area contributed by atoms with Crippen molar-refractivity contribution in [3.05, 3.63) is 36.1 Å². The van der Waals surface area contributed by atoms with Gasteiger partial charge in [0, 0.05) is 11.9 Å². The van der Waals surface area contributed by atoms with Crippen LogP contribution in [0.3, 0.4) is 0 Å². The molecule has 0 amide bonds. The highest BCUT2D eigenvalue weighted by molar-refractivity contribution is 7.81. The quantitative estimate of drug-likeness (QED) is 0.327. The second kappa shape index (κ2) is 10.2. The first kappa shape index (κ1) is 22.3. The van der Waals surface area contributed by atoms with Gasteiger partial charge in [-0.25, -0.2) is 0 Å². The van der Waals surface area contributed by atoms with Crippen LogP contribution >= 0.6 is 12.6 Å². The molecule has 0 aromatic rings. The predicted octanol–water partition coefficient (Wildman–Crippen LogP) is 6.10. The molecule has 0 aromatic heterocycles. The van der Waals surface area contributed by atoms with Crippen LogP contribution in [0.15, 0.2) is 36.1 Å². The zero-order chi connectivity index (χ0) is 18.1. The van der Waals surface area contributed by atoms with Crippen molar-refractivity contribution in [2.75, 3.05) is 7.11 Å². The smallest absolute Gasteiger partial charge is 0.115 e. The van der Waals surface area contributed by atoms with Crippen LogP contribution < -0.4 is 0 Å². The Morgan fingerprint density at radius 1 is 1.26 bits per heavy atom. The van der Waals surface area contributed by atoms with E-state index < -0.39 is 0 Å². The van der Waals surface area contributed by atoms with Gasteiger partial charge in [-0.15, -0.1) is 0 Å². The van der Waals surface area contributed by atoms with Crippen molar-refractivity contribution in [2.45, 2.75) is 83.7 Å². The predicted molar refractivity (Wildman–Crippen MR) is 105 cm³/mol.